The quantitative estimate of drug-likeness (QED) is 0.646. The molecule has 5 heteroatoms. The molecule has 0 spiro atoms. The van der Waals surface area contributed by atoms with Gasteiger partial charge in [0.1, 0.15) is 17.7 Å². The number of rotatable bonds is 3. The van der Waals surface area contributed by atoms with E-state index in [2.05, 4.69) is 12.2 Å². The maximum Gasteiger partial charge on any atom is 0.262 e. The molecule has 0 fully saturated rings. The van der Waals surface area contributed by atoms with Gasteiger partial charge in [-0.25, -0.2) is 0 Å². The molecule has 0 bridgehead atoms. The van der Waals surface area contributed by atoms with Gasteiger partial charge < -0.3 is 15.5 Å². The van der Waals surface area contributed by atoms with E-state index in [0.29, 0.717) is 16.8 Å². The third-order valence-corrected chi connectivity index (χ3v) is 4.86. The van der Waals surface area contributed by atoms with Crippen LogP contribution < -0.4 is 10.2 Å². The number of phenols is 2. The van der Waals surface area contributed by atoms with Gasteiger partial charge in [-0.2, -0.15) is 0 Å². The molecule has 1 atom stereocenters. The highest BCUT2D eigenvalue weighted by Crippen LogP contribution is 2.40. The van der Waals surface area contributed by atoms with Crippen LogP contribution in [0.1, 0.15) is 34.6 Å². The third-order valence-electron chi connectivity index (χ3n) is 4.86. The van der Waals surface area contributed by atoms with Gasteiger partial charge in [0.25, 0.3) is 5.91 Å². The second-order valence-corrected chi connectivity index (χ2v) is 6.53. The van der Waals surface area contributed by atoms with Crippen LogP contribution in [0.4, 0.5) is 11.4 Å². The number of carbonyl (C=O) groups excluding carboxylic acids is 1. The lowest BCUT2D eigenvalue weighted by Crippen LogP contribution is -2.43. The third kappa shape index (κ3) is 2.97. The van der Waals surface area contributed by atoms with Crippen LogP contribution >= 0.6 is 0 Å². The molecular weight excluding hydrogens is 340 g/mol. The lowest BCUT2D eigenvalue weighted by molar-refractivity contribution is 0.0974. The smallest absolute Gasteiger partial charge is 0.262 e. The van der Waals surface area contributed by atoms with Gasteiger partial charge in [0.2, 0.25) is 0 Å². The van der Waals surface area contributed by atoms with E-state index in [1.165, 1.54) is 17.7 Å². The van der Waals surface area contributed by atoms with E-state index in [0.717, 1.165) is 12.1 Å². The maximum absolute atomic E-state index is 13.3. The first-order chi connectivity index (χ1) is 13.1. The number of para-hydroxylation sites is 1. The van der Waals surface area contributed by atoms with Crippen molar-refractivity contribution in [2.45, 2.75) is 19.5 Å². The van der Waals surface area contributed by atoms with Gasteiger partial charge in [0, 0.05) is 23.0 Å². The Labute approximate surface area is 157 Å². The van der Waals surface area contributed by atoms with Gasteiger partial charge in [-0.1, -0.05) is 31.2 Å². The summed E-state index contributed by atoms with van der Waals surface area (Å²) in [7, 11) is 0. The second kappa shape index (κ2) is 6.68. The SMILES string of the molecule is CCc1ccc(N2C(=O)c3ccccc3N[C@H]2c2ccc(O)cc2O)cc1. The molecule has 136 valence electrons. The van der Waals surface area contributed by atoms with Crippen molar-refractivity contribution in [3.05, 3.63) is 83.4 Å². The predicted molar refractivity (Wildman–Crippen MR) is 105 cm³/mol. The molecule has 27 heavy (non-hydrogen) atoms. The lowest BCUT2D eigenvalue weighted by Gasteiger charge is -2.38. The fourth-order valence-electron chi connectivity index (χ4n) is 3.39. The Morgan fingerprint density at radius 1 is 1.00 bits per heavy atom. The van der Waals surface area contributed by atoms with Gasteiger partial charge >= 0.3 is 0 Å². The summed E-state index contributed by atoms with van der Waals surface area (Å²) in [5.41, 5.74) is 3.71. The van der Waals surface area contributed by atoms with Crippen molar-refractivity contribution in [3.63, 3.8) is 0 Å². The number of hydrogen-bond donors (Lipinski definition) is 3. The molecule has 3 N–H and O–H groups in total. The molecule has 3 aromatic rings. The number of carbonyl (C=O) groups is 1. The van der Waals surface area contributed by atoms with Crippen molar-refractivity contribution in [3.8, 4) is 11.5 Å². The lowest BCUT2D eigenvalue weighted by atomic mass is 10.0. The zero-order valence-corrected chi connectivity index (χ0v) is 14.9. The Balaban J connectivity index is 1.86. The summed E-state index contributed by atoms with van der Waals surface area (Å²) in [6.45, 7) is 2.08. The first kappa shape index (κ1) is 17.0. The zero-order chi connectivity index (χ0) is 19.0. The fraction of sp³-hybridized carbons (Fsp3) is 0.136. The molecule has 0 saturated heterocycles. The summed E-state index contributed by atoms with van der Waals surface area (Å²) < 4.78 is 0. The largest absolute Gasteiger partial charge is 0.508 e. The number of nitrogens with one attached hydrogen (secondary N) is 1. The van der Waals surface area contributed by atoms with Gasteiger partial charge in [0.15, 0.2) is 0 Å². The van der Waals surface area contributed by atoms with Crippen LogP contribution in [-0.2, 0) is 6.42 Å². The second-order valence-electron chi connectivity index (χ2n) is 6.53. The average Bonchev–Trinajstić information content (AvgIpc) is 2.68. The number of benzene rings is 3. The summed E-state index contributed by atoms with van der Waals surface area (Å²) in [4.78, 5) is 14.9. The first-order valence-electron chi connectivity index (χ1n) is 8.88. The van der Waals surface area contributed by atoms with Crippen molar-refractivity contribution in [2.24, 2.45) is 0 Å². The van der Waals surface area contributed by atoms with Crippen molar-refractivity contribution in [1.82, 2.24) is 0 Å². The van der Waals surface area contributed by atoms with E-state index in [-0.39, 0.29) is 17.4 Å². The summed E-state index contributed by atoms with van der Waals surface area (Å²) >= 11 is 0. The maximum atomic E-state index is 13.3. The van der Waals surface area contributed by atoms with Crippen LogP contribution in [-0.4, -0.2) is 16.1 Å². The van der Waals surface area contributed by atoms with Crippen molar-refractivity contribution in [2.75, 3.05) is 10.2 Å². The van der Waals surface area contributed by atoms with E-state index in [9.17, 15) is 15.0 Å². The number of aromatic hydroxyl groups is 2. The minimum Gasteiger partial charge on any atom is -0.508 e. The molecule has 1 amide bonds. The van der Waals surface area contributed by atoms with E-state index in [1.807, 2.05) is 42.5 Å². The molecule has 0 unspecified atom stereocenters. The number of nitrogens with zero attached hydrogens (tertiary/aromatic N) is 1. The summed E-state index contributed by atoms with van der Waals surface area (Å²) in [6, 6.07) is 19.5. The number of hydrogen-bond acceptors (Lipinski definition) is 4. The topological polar surface area (TPSA) is 72.8 Å². The van der Waals surface area contributed by atoms with Crippen molar-refractivity contribution >= 4 is 17.3 Å². The normalized spacial score (nSPS) is 16.0. The first-order valence-corrected chi connectivity index (χ1v) is 8.88. The molecule has 3 aromatic carbocycles. The summed E-state index contributed by atoms with van der Waals surface area (Å²) in [5, 5.41) is 23.4. The van der Waals surface area contributed by atoms with E-state index < -0.39 is 6.17 Å². The number of aryl methyl sites for hydroxylation is 1. The van der Waals surface area contributed by atoms with E-state index >= 15 is 0 Å². The van der Waals surface area contributed by atoms with Crippen LogP contribution in [0.15, 0.2) is 66.7 Å². The van der Waals surface area contributed by atoms with E-state index in [4.69, 9.17) is 0 Å². The highest BCUT2D eigenvalue weighted by molar-refractivity contribution is 6.12. The Morgan fingerprint density at radius 2 is 1.74 bits per heavy atom. The molecule has 0 saturated carbocycles. The Morgan fingerprint density at radius 3 is 2.44 bits per heavy atom. The van der Waals surface area contributed by atoms with Crippen LogP contribution in [0.2, 0.25) is 0 Å². The van der Waals surface area contributed by atoms with Crippen LogP contribution in [0.5, 0.6) is 11.5 Å². The molecular formula is C22H20N2O3. The Bertz CT molecular complexity index is 999. The Hall–Kier alpha value is -3.47. The molecule has 1 heterocycles. The average molecular weight is 360 g/mol. The molecule has 5 nitrogen and oxygen atoms in total. The molecule has 0 aliphatic carbocycles. The van der Waals surface area contributed by atoms with Crippen molar-refractivity contribution < 1.29 is 15.0 Å². The van der Waals surface area contributed by atoms with Crippen molar-refractivity contribution in [1.29, 1.82) is 0 Å². The minimum absolute atomic E-state index is 0.0300. The number of amides is 1. The van der Waals surface area contributed by atoms with Crippen LogP contribution in [0, 0.1) is 0 Å². The number of phenolic OH excluding ortho intramolecular Hbond substituents is 2. The summed E-state index contributed by atoms with van der Waals surface area (Å²) in [5.74, 6) is -0.251. The monoisotopic (exact) mass is 360 g/mol. The fourth-order valence-corrected chi connectivity index (χ4v) is 3.39. The molecule has 4 rings (SSSR count). The number of fused-ring (bicyclic) bond motifs is 1. The number of anilines is 2. The predicted octanol–water partition coefficient (Wildman–Crippen LogP) is 4.43. The standard InChI is InChI=1S/C22H20N2O3/c1-2-14-7-9-15(10-8-14)24-21(18-12-11-16(25)13-20(18)26)23-19-6-4-3-5-17(19)22(24)27/h3-13,21,23,25-26H,2H2,1H3/t21-/m1/s1. The van der Waals surface area contributed by atoms with Gasteiger partial charge in [-0.15, -0.1) is 0 Å². The molecule has 0 aromatic heterocycles. The van der Waals surface area contributed by atoms with Crippen LogP contribution in [0.25, 0.3) is 0 Å². The Kier molecular flexibility index (Phi) is 4.20. The molecule has 0 radical (unpaired) electrons. The van der Waals surface area contributed by atoms with Crippen LogP contribution in [0.3, 0.4) is 0 Å². The molecule has 1 aliphatic heterocycles. The minimum atomic E-state index is -0.597. The van der Waals surface area contributed by atoms with Gasteiger partial charge in [0.05, 0.1) is 5.56 Å². The molecule has 1 aliphatic rings. The highest BCUT2D eigenvalue weighted by atomic mass is 16.3. The van der Waals surface area contributed by atoms with E-state index in [1.54, 1.807) is 17.0 Å². The zero-order valence-electron chi connectivity index (χ0n) is 14.9. The highest BCUT2D eigenvalue weighted by Gasteiger charge is 2.35. The van der Waals surface area contributed by atoms with Gasteiger partial charge in [-0.05, 0) is 48.4 Å². The van der Waals surface area contributed by atoms with Gasteiger partial charge in [-0.3, -0.25) is 9.69 Å². The summed E-state index contributed by atoms with van der Waals surface area (Å²) in [6.07, 6.45) is 0.317.